The number of nitrogens with zero attached hydrogens (tertiary/aromatic N) is 1. The van der Waals surface area contributed by atoms with Gasteiger partial charge in [-0.1, -0.05) is 13.0 Å². The van der Waals surface area contributed by atoms with Crippen molar-refractivity contribution in [3.05, 3.63) is 23.8 Å². The van der Waals surface area contributed by atoms with Gasteiger partial charge in [0, 0.05) is 19.3 Å². The highest BCUT2D eigenvalue weighted by Crippen LogP contribution is 2.23. The van der Waals surface area contributed by atoms with Crippen molar-refractivity contribution in [3.63, 3.8) is 0 Å². The summed E-state index contributed by atoms with van der Waals surface area (Å²) >= 11 is 0. The first-order valence-corrected chi connectivity index (χ1v) is 6.01. The Labute approximate surface area is 111 Å². The molecule has 6 heteroatoms. The molecule has 1 heterocycles. The van der Waals surface area contributed by atoms with Gasteiger partial charge in [0.1, 0.15) is 0 Å². The fourth-order valence-electron chi connectivity index (χ4n) is 1.89. The van der Waals surface area contributed by atoms with E-state index in [-0.39, 0.29) is 17.7 Å². The van der Waals surface area contributed by atoms with Crippen molar-refractivity contribution in [1.29, 1.82) is 0 Å². The summed E-state index contributed by atoms with van der Waals surface area (Å²) in [6.45, 7) is 3.27. The Kier molecular flexibility index (Phi) is 3.50. The second-order valence-electron chi connectivity index (χ2n) is 4.62. The zero-order chi connectivity index (χ0) is 14.0. The molecule has 1 unspecified atom stereocenters. The molecule has 0 saturated carbocycles. The van der Waals surface area contributed by atoms with E-state index in [1.165, 1.54) is 6.92 Å². The molecular formula is C13H16N4O2. The van der Waals surface area contributed by atoms with Crippen molar-refractivity contribution in [2.24, 2.45) is 11.0 Å². The van der Waals surface area contributed by atoms with E-state index < -0.39 is 0 Å². The average Bonchev–Trinajstić information content (AvgIpc) is 2.35. The largest absolute Gasteiger partial charge is 0.397 e. The van der Waals surface area contributed by atoms with Crippen LogP contribution in [0.1, 0.15) is 25.8 Å². The minimum Gasteiger partial charge on any atom is -0.397 e. The third-order valence-corrected chi connectivity index (χ3v) is 2.94. The minimum absolute atomic E-state index is 0.0772. The molecule has 1 aliphatic heterocycles. The van der Waals surface area contributed by atoms with Gasteiger partial charge in [0.25, 0.3) is 0 Å². The van der Waals surface area contributed by atoms with Gasteiger partial charge in [0.2, 0.25) is 11.8 Å². The molecule has 0 bridgehead atoms. The molecule has 0 saturated heterocycles. The lowest BCUT2D eigenvalue weighted by Gasteiger charge is -2.18. The number of hydrazone groups is 1. The molecule has 6 nitrogen and oxygen atoms in total. The molecular weight excluding hydrogens is 244 g/mol. The van der Waals surface area contributed by atoms with Gasteiger partial charge in [-0.2, -0.15) is 5.10 Å². The lowest BCUT2D eigenvalue weighted by Crippen LogP contribution is -2.33. The molecule has 1 aromatic carbocycles. The van der Waals surface area contributed by atoms with Crippen LogP contribution in [0.3, 0.4) is 0 Å². The molecule has 0 fully saturated rings. The lowest BCUT2D eigenvalue weighted by molar-refractivity contribution is -0.124. The molecule has 0 aromatic heterocycles. The summed E-state index contributed by atoms with van der Waals surface area (Å²) < 4.78 is 0. The van der Waals surface area contributed by atoms with Crippen LogP contribution in [-0.4, -0.2) is 17.5 Å². The molecule has 1 aromatic rings. The number of amides is 2. The number of nitrogens with two attached hydrogens (primary N) is 1. The number of hydrogen-bond donors (Lipinski definition) is 3. The van der Waals surface area contributed by atoms with Crippen LogP contribution in [0.4, 0.5) is 11.4 Å². The van der Waals surface area contributed by atoms with Crippen molar-refractivity contribution in [3.8, 4) is 0 Å². The number of hydrogen-bond acceptors (Lipinski definition) is 4. The first kappa shape index (κ1) is 13.1. The average molecular weight is 260 g/mol. The first-order valence-electron chi connectivity index (χ1n) is 6.01. The normalized spacial score (nSPS) is 18.5. The molecule has 1 atom stereocenters. The second kappa shape index (κ2) is 5.09. The molecule has 100 valence electrons. The zero-order valence-corrected chi connectivity index (χ0v) is 10.9. The molecule has 2 amide bonds. The molecule has 1 aliphatic rings. The molecule has 19 heavy (non-hydrogen) atoms. The lowest BCUT2D eigenvalue weighted by atomic mass is 9.96. The summed E-state index contributed by atoms with van der Waals surface area (Å²) in [5.74, 6) is -0.356. The maximum absolute atomic E-state index is 11.3. The van der Waals surface area contributed by atoms with Gasteiger partial charge in [-0.25, -0.2) is 5.43 Å². The van der Waals surface area contributed by atoms with Crippen LogP contribution >= 0.6 is 0 Å². The van der Waals surface area contributed by atoms with E-state index in [4.69, 9.17) is 5.73 Å². The quantitative estimate of drug-likeness (QED) is 0.694. The van der Waals surface area contributed by atoms with E-state index in [1.54, 1.807) is 12.1 Å². The summed E-state index contributed by atoms with van der Waals surface area (Å²) in [7, 11) is 0. The van der Waals surface area contributed by atoms with E-state index in [0.717, 1.165) is 11.3 Å². The topological polar surface area (TPSA) is 96.6 Å². The third-order valence-electron chi connectivity index (χ3n) is 2.94. The van der Waals surface area contributed by atoms with Crippen LogP contribution in [0, 0.1) is 5.92 Å². The number of nitrogens with one attached hydrogen (secondary N) is 2. The Morgan fingerprint density at radius 3 is 2.84 bits per heavy atom. The summed E-state index contributed by atoms with van der Waals surface area (Å²) in [6.07, 6.45) is 0.574. The number of benzene rings is 1. The number of carbonyl (C=O) groups is 2. The van der Waals surface area contributed by atoms with Crippen molar-refractivity contribution in [2.75, 3.05) is 11.1 Å². The van der Waals surface area contributed by atoms with Crippen molar-refractivity contribution in [2.45, 2.75) is 20.3 Å². The molecule has 2 rings (SSSR count). The highest BCUT2D eigenvalue weighted by Gasteiger charge is 2.21. The Morgan fingerprint density at radius 2 is 2.26 bits per heavy atom. The summed E-state index contributed by atoms with van der Waals surface area (Å²) in [5, 5.41) is 6.68. The highest BCUT2D eigenvalue weighted by atomic mass is 16.2. The number of rotatable bonds is 2. The van der Waals surface area contributed by atoms with E-state index in [0.29, 0.717) is 17.8 Å². The minimum atomic E-state index is -0.171. The molecule has 4 N–H and O–H groups in total. The summed E-state index contributed by atoms with van der Waals surface area (Å²) in [6, 6.07) is 5.30. The fourth-order valence-corrected chi connectivity index (χ4v) is 1.89. The predicted molar refractivity (Wildman–Crippen MR) is 73.6 cm³/mol. The van der Waals surface area contributed by atoms with Crippen molar-refractivity contribution in [1.82, 2.24) is 5.43 Å². The zero-order valence-electron chi connectivity index (χ0n) is 10.9. The maximum Gasteiger partial charge on any atom is 0.243 e. The van der Waals surface area contributed by atoms with E-state index in [2.05, 4.69) is 15.8 Å². The van der Waals surface area contributed by atoms with E-state index in [9.17, 15) is 9.59 Å². The third kappa shape index (κ3) is 2.90. The second-order valence-corrected chi connectivity index (χ2v) is 4.62. The fraction of sp³-hybridized carbons (Fsp3) is 0.308. The predicted octanol–water partition coefficient (Wildman–Crippen LogP) is 1.09. The van der Waals surface area contributed by atoms with Gasteiger partial charge in [0.05, 0.1) is 17.1 Å². The number of carbonyl (C=O) groups excluding carboxylic acids is 2. The number of anilines is 2. The van der Waals surface area contributed by atoms with Crippen LogP contribution in [0.15, 0.2) is 23.3 Å². The van der Waals surface area contributed by atoms with Gasteiger partial charge in [-0.3, -0.25) is 9.59 Å². The Morgan fingerprint density at radius 1 is 1.53 bits per heavy atom. The summed E-state index contributed by atoms with van der Waals surface area (Å²) in [4.78, 5) is 22.3. The van der Waals surface area contributed by atoms with Gasteiger partial charge < -0.3 is 11.1 Å². The van der Waals surface area contributed by atoms with Crippen molar-refractivity contribution >= 4 is 28.9 Å². The Hall–Kier alpha value is -2.37. The first-order chi connectivity index (χ1) is 8.97. The van der Waals surface area contributed by atoms with Gasteiger partial charge in [0.15, 0.2) is 0 Å². The van der Waals surface area contributed by atoms with Crippen LogP contribution in [0.25, 0.3) is 0 Å². The van der Waals surface area contributed by atoms with Crippen LogP contribution in [0.2, 0.25) is 0 Å². The standard InChI is InChI=1S/C13H16N4O2/c1-7-5-12(16-17-13(7)19)9-3-4-11(10(14)6-9)15-8(2)18/h3-4,6-7H,5,14H2,1-2H3,(H,15,18)(H,17,19). The highest BCUT2D eigenvalue weighted by molar-refractivity contribution is 6.06. The van der Waals surface area contributed by atoms with E-state index >= 15 is 0 Å². The van der Waals surface area contributed by atoms with Crippen LogP contribution < -0.4 is 16.5 Å². The Balaban J connectivity index is 2.25. The smallest absolute Gasteiger partial charge is 0.243 e. The van der Waals surface area contributed by atoms with Gasteiger partial charge >= 0.3 is 0 Å². The molecule has 0 aliphatic carbocycles. The summed E-state index contributed by atoms with van der Waals surface area (Å²) in [5.41, 5.74) is 11.0. The monoisotopic (exact) mass is 260 g/mol. The SMILES string of the molecule is CC(=O)Nc1ccc(C2=NNC(=O)C(C)C2)cc1N. The molecule has 0 spiro atoms. The molecule has 0 radical (unpaired) electrons. The van der Waals surface area contributed by atoms with Gasteiger partial charge in [-0.05, 0) is 17.7 Å². The van der Waals surface area contributed by atoms with E-state index in [1.807, 2.05) is 13.0 Å². The Bertz CT molecular complexity index is 566. The van der Waals surface area contributed by atoms with Crippen LogP contribution in [-0.2, 0) is 9.59 Å². The maximum atomic E-state index is 11.3. The van der Waals surface area contributed by atoms with Crippen molar-refractivity contribution < 1.29 is 9.59 Å². The van der Waals surface area contributed by atoms with Gasteiger partial charge in [-0.15, -0.1) is 0 Å². The number of nitrogen functional groups attached to an aromatic ring is 1. The van der Waals surface area contributed by atoms with Crippen LogP contribution in [0.5, 0.6) is 0 Å².